The van der Waals surface area contributed by atoms with Crippen LogP contribution >= 0.6 is 0 Å². The number of ether oxygens (including phenoxy) is 1. The average Bonchev–Trinajstić information content (AvgIpc) is 1.61. The van der Waals surface area contributed by atoms with Crippen molar-refractivity contribution in [2.24, 2.45) is 17.3 Å². The van der Waals surface area contributed by atoms with Crippen LogP contribution < -0.4 is 0 Å². The molecule has 3 saturated heterocycles. The predicted octanol–water partition coefficient (Wildman–Crippen LogP) is 12.0. The van der Waals surface area contributed by atoms with Gasteiger partial charge in [-0.15, -0.1) is 0 Å². The molecular formula is C75H105N5O6. The van der Waals surface area contributed by atoms with E-state index in [1.54, 1.807) is 0 Å². The molecule has 0 radical (unpaired) electrons. The Bertz CT molecular complexity index is 2860. The standard InChI is InChI=1S/C18H23NO2.C18H21NO.C14H25NO.C13H17NO.C12H19NO/c1-19(2)17(18(20)16-11-7-4-8-12-16)14-21-13-15-9-5-3-6-10-15;1-19-14-8-13-17(19)18(20,15-9-4-2-5-10-15)16-11-6-3-7-12-16;1-13(2)10-8-12(15-6-4-5-7-15)14(3,16)9-11(10)13;15-12-9-10-5-1-2-6-11(10)13(12)14-7-3-4-8-14;1-12(2,13(3)4)11(14)10-8-6-5-7-9-10/h3-12,17-18,20H,13-14H2,1-2H3;2-7,9-12,17,20H,8,13-14H2,1H3;10-12,16H,4-9H2,1-3H3;1-2,5-6,12-13,15H,3-4,7-9H2;5-9,11,14H,1-4H3/t17-,18-;17-;10-,11+,12+,14+;12-,13+;11-/m00101/s1. The third kappa shape index (κ3) is 16.4. The highest BCUT2D eigenvalue weighted by Gasteiger charge is 2.64. The summed E-state index contributed by atoms with van der Waals surface area (Å²) in [6.07, 6.45) is 9.25. The summed E-state index contributed by atoms with van der Waals surface area (Å²) in [7, 11) is 9.98. The van der Waals surface area contributed by atoms with E-state index in [-0.39, 0.29) is 29.8 Å². The largest absolute Gasteiger partial charge is 0.391 e. The Morgan fingerprint density at radius 2 is 1.10 bits per heavy atom. The van der Waals surface area contributed by atoms with E-state index in [9.17, 15) is 25.5 Å². The van der Waals surface area contributed by atoms with Gasteiger partial charge in [0.05, 0.1) is 49.2 Å². The van der Waals surface area contributed by atoms with Crippen molar-refractivity contribution in [1.82, 2.24) is 24.5 Å². The van der Waals surface area contributed by atoms with Crippen LogP contribution in [0.1, 0.15) is 143 Å². The Morgan fingerprint density at radius 1 is 0.616 bits per heavy atom. The topological polar surface area (TPSA) is 127 Å². The van der Waals surface area contributed by atoms with Gasteiger partial charge in [0, 0.05) is 24.0 Å². The van der Waals surface area contributed by atoms with Crippen LogP contribution in [0, 0.1) is 17.3 Å². The first-order valence-corrected chi connectivity index (χ1v) is 32.1. The lowest BCUT2D eigenvalue weighted by molar-refractivity contribution is -0.0566. The Balaban J connectivity index is 0.000000141. The molecule has 6 aromatic rings. The molecule has 0 aromatic heterocycles. The van der Waals surface area contributed by atoms with E-state index < -0.39 is 23.4 Å². The fourth-order valence-corrected chi connectivity index (χ4v) is 14.3. The minimum Gasteiger partial charge on any atom is -0.391 e. The van der Waals surface area contributed by atoms with E-state index >= 15 is 0 Å². The summed E-state index contributed by atoms with van der Waals surface area (Å²) in [4.78, 5) is 11.3. The first-order chi connectivity index (χ1) is 41.2. The third-order valence-corrected chi connectivity index (χ3v) is 20.3. The molecule has 0 bridgehead atoms. The van der Waals surface area contributed by atoms with E-state index in [0.717, 1.165) is 85.0 Å². The van der Waals surface area contributed by atoms with Crippen molar-refractivity contribution in [3.8, 4) is 0 Å². The van der Waals surface area contributed by atoms with Crippen molar-refractivity contribution >= 4 is 0 Å². The smallest absolute Gasteiger partial charge is 0.130 e. The number of nitrogens with zero attached hydrogens (tertiary/aromatic N) is 5. The van der Waals surface area contributed by atoms with E-state index in [1.807, 2.05) is 203 Å². The molecule has 0 spiro atoms. The SMILES string of the molecule is CC1(C)[C@@H]2C[C@H](N3CCCC3)[C@@](C)(O)C[C@@H]21.CN(C)C(C)(C)[C@H](O)c1ccccc1.CN(C)[C@@H](COCc1ccccc1)[C@@H](O)c1ccccc1.CN1CCC[C@H]1C(O)(c1ccccc1)c1ccccc1.O[C@H]1Cc2ccccc2[C@H]1N1CCCC1. The fraction of sp³-hybridized carbons (Fsp3) is 0.520. The maximum absolute atomic E-state index is 11.6. The molecule has 0 amide bonds. The van der Waals surface area contributed by atoms with Crippen molar-refractivity contribution < 1.29 is 30.3 Å². The number of likely N-dealkylation sites (tertiary alicyclic amines) is 3. The van der Waals surface area contributed by atoms with Gasteiger partial charge in [-0.25, -0.2) is 0 Å². The lowest BCUT2D eigenvalue weighted by atomic mass is 9.79. The zero-order valence-corrected chi connectivity index (χ0v) is 53.6. The average molecular weight is 1170 g/mol. The minimum atomic E-state index is -0.937. The summed E-state index contributed by atoms with van der Waals surface area (Å²) in [6, 6.07) is 58.9. The van der Waals surface area contributed by atoms with Crippen molar-refractivity contribution in [3.05, 3.63) is 215 Å². The van der Waals surface area contributed by atoms with Gasteiger partial charge >= 0.3 is 0 Å². The summed E-state index contributed by atoms with van der Waals surface area (Å²) < 4.78 is 5.78. The second kappa shape index (κ2) is 30.4. The predicted molar refractivity (Wildman–Crippen MR) is 351 cm³/mol. The second-order valence-electron chi connectivity index (χ2n) is 27.1. The van der Waals surface area contributed by atoms with Crippen LogP contribution in [-0.4, -0.2) is 160 Å². The van der Waals surface area contributed by atoms with Gasteiger partial charge < -0.3 is 40.1 Å². The van der Waals surface area contributed by atoms with Gasteiger partial charge in [-0.2, -0.15) is 0 Å². The lowest BCUT2D eigenvalue weighted by Gasteiger charge is -2.42. The normalized spacial score (nSPS) is 25.4. The highest BCUT2D eigenvalue weighted by atomic mass is 16.5. The van der Waals surface area contributed by atoms with Crippen LogP contribution in [0.25, 0.3) is 0 Å². The number of benzene rings is 6. The van der Waals surface area contributed by atoms with Gasteiger partial charge in [0.1, 0.15) is 5.60 Å². The highest BCUT2D eigenvalue weighted by molar-refractivity contribution is 5.39. The number of fused-ring (bicyclic) bond motifs is 2. The molecule has 2 saturated carbocycles. The van der Waals surface area contributed by atoms with Gasteiger partial charge in [-0.3, -0.25) is 14.7 Å². The van der Waals surface area contributed by atoms with E-state index in [4.69, 9.17) is 4.74 Å². The fourth-order valence-electron chi connectivity index (χ4n) is 14.3. The molecule has 5 fully saturated rings. The van der Waals surface area contributed by atoms with E-state index in [2.05, 4.69) is 66.8 Å². The van der Waals surface area contributed by atoms with Crippen LogP contribution in [0.5, 0.6) is 0 Å². The lowest BCUT2D eigenvalue weighted by Crippen LogP contribution is -2.52. The van der Waals surface area contributed by atoms with Crippen molar-refractivity contribution in [2.75, 3.05) is 74.6 Å². The van der Waals surface area contributed by atoms with Crippen LogP contribution in [0.15, 0.2) is 176 Å². The second-order valence-corrected chi connectivity index (χ2v) is 27.1. The number of aliphatic hydroxyl groups excluding tert-OH is 3. The first-order valence-electron chi connectivity index (χ1n) is 32.1. The summed E-state index contributed by atoms with van der Waals surface area (Å²) in [5, 5.41) is 53.1. The molecule has 12 rings (SSSR count). The molecule has 3 aliphatic carbocycles. The van der Waals surface area contributed by atoms with Crippen molar-refractivity contribution in [1.29, 1.82) is 0 Å². The van der Waals surface area contributed by atoms with Gasteiger partial charge in [0.25, 0.3) is 0 Å². The molecule has 86 heavy (non-hydrogen) atoms. The number of rotatable bonds is 15. The zero-order chi connectivity index (χ0) is 61.7. The Labute approximate surface area is 517 Å². The summed E-state index contributed by atoms with van der Waals surface area (Å²) in [5.74, 6) is 1.65. The number of aliphatic hydroxyl groups is 5. The molecule has 3 aliphatic heterocycles. The van der Waals surface area contributed by atoms with E-state index in [1.165, 1.54) is 56.3 Å². The Kier molecular flexibility index (Phi) is 23.6. The van der Waals surface area contributed by atoms with Crippen molar-refractivity contribution in [3.63, 3.8) is 0 Å². The number of likely N-dealkylation sites (N-methyl/N-ethyl adjacent to an activating group) is 3. The first kappa shape index (κ1) is 66.8. The van der Waals surface area contributed by atoms with E-state index in [0.29, 0.717) is 24.7 Å². The Hall–Kier alpha value is -5.12. The van der Waals surface area contributed by atoms with Gasteiger partial charge in [0.2, 0.25) is 0 Å². The third-order valence-electron chi connectivity index (χ3n) is 20.3. The molecular weight excluding hydrogens is 1070 g/mol. The molecule has 5 N–H and O–H groups in total. The molecule has 11 nitrogen and oxygen atoms in total. The molecule has 6 aliphatic rings. The maximum Gasteiger partial charge on any atom is 0.130 e. The molecule has 466 valence electrons. The summed E-state index contributed by atoms with van der Waals surface area (Å²) in [5.41, 5.74) is 6.53. The molecule has 3 heterocycles. The zero-order valence-electron chi connectivity index (χ0n) is 53.6. The monoisotopic (exact) mass is 1170 g/mol. The van der Waals surface area contributed by atoms with Crippen LogP contribution in [-0.2, 0) is 23.4 Å². The van der Waals surface area contributed by atoms with Gasteiger partial charge in [-0.1, -0.05) is 190 Å². The summed E-state index contributed by atoms with van der Waals surface area (Å²) in [6.45, 7) is 17.7. The maximum atomic E-state index is 11.6. The summed E-state index contributed by atoms with van der Waals surface area (Å²) >= 11 is 0. The van der Waals surface area contributed by atoms with Crippen LogP contribution in [0.3, 0.4) is 0 Å². The van der Waals surface area contributed by atoms with Crippen LogP contribution in [0.4, 0.5) is 0 Å². The van der Waals surface area contributed by atoms with Gasteiger partial charge in [-0.05, 0) is 196 Å². The highest BCUT2D eigenvalue weighted by Crippen LogP contribution is 2.67. The number of hydrogen-bond acceptors (Lipinski definition) is 11. The van der Waals surface area contributed by atoms with Gasteiger partial charge in [0.15, 0.2) is 0 Å². The minimum absolute atomic E-state index is 0.0730. The molecule has 10 atom stereocenters. The molecule has 6 aromatic carbocycles. The molecule has 11 heteroatoms. The Morgan fingerprint density at radius 3 is 1.62 bits per heavy atom. The number of hydrogen-bond donors (Lipinski definition) is 5. The van der Waals surface area contributed by atoms with Crippen molar-refractivity contribution in [2.45, 2.75) is 158 Å². The van der Waals surface area contributed by atoms with Crippen LogP contribution in [0.2, 0.25) is 0 Å². The molecule has 0 unspecified atom stereocenters. The quantitative estimate of drug-likeness (QED) is 0.0675.